The van der Waals surface area contributed by atoms with E-state index in [4.69, 9.17) is 9.47 Å². The average molecular weight is 228 g/mol. The van der Waals surface area contributed by atoms with Crippen LogP contribution >= 0.6 is 0 Å². The Morgan fingerprint density at radius 1 is 1.31 bits per heavy atom. The van der Waals surface area contributed by atoms with Crippen molar-refractivity contribution in [1.29, 1.82) is 0 Å². The van der Waals surface area contributed by atoms with E-state index in [-0.39, 0.29) is 6.10 Å². The van der Waals surface area contributed by atoms with Crippen molar-refractivity contribution in [2.45, 2.75) is 59.7 Å². The third kappa shape index (κ3) is 2.69. The molecular weight excluding hydrogens is 204 g/mol. The van der Waals surface area contributed by atoms with Crippen molar-refractivity contribution < 1.29 is 14.3 Å². The third-order valence-corrected chi connectivity index (χ3v) is 3.72. The van der Waals surface area contributed by atoms with Gasteiger partial charge in [0.1, 0.15) is 11.7 Å². The second kappa shape index (κ2) is 4.64. The first-order chi connectivity index (χ1) is 7.26. The van der Waals surface area contributed by atoms with Crippen molar-refractivity contribution >= 4 is 6.16 Å². The van der Waals surface area contributed by atoms with Gasteiger partial charge in [-0.2, -0.15) is 0 Å². The first kappa shape index (κ1) is 13.3. The maximum atomic E-state index is 11.6. The SMILES string of the molecule is CC(C)C1OC(=O)OC(C)(C(C)C)CC1C. The zero-order chi connectivity index (χ0) is 12.5. The minimum absolute atomic E-state index is 0.0342. The molecule has 1 rings (SSSR count). The smallest absolute Gasteiger partial charge is 0.430 e. The van der Waals surface area contributed by atoms with Gasteiger partial charge < -0.3 is 9.47 Å². The van der Waals surface area contributed by atoms with Crippen LogP contribution in [-0.2, 0) is 9.47 Å². The molecule has 0 N–H and O–H groups in total. The van der Waals surface area contributed by atoms with Crippen LogP contribution in [0.4, 0.5) is 4.79 Å². The van der Waals surface area contributed by atoms with E-state index in [1.807, 2.05) is 6.92 Å². The van der Waals surface area contributed by atoms with Crippen molar-refractivity contribution in [2.75, 3.05) is 0 Å². The Hall–Kier alpha value is -0.730. The molecule has 1 heterocycles. The molecule has 0 radical (unpaired) electrons. The quantitative estimate of drug-likeness (QED) is 0.677. The van der Waals surface area contributed by atoms with Crippen molar-refractivity contribution in [3.05, 3.63) is 0 Å². The number of carbonyl (C=O) groups is 1. The molecule has 0 aromatic carbocycles. The first-order valence-corrected chi connectivity index (χ1v) is 6.16. The summed E-state index contributed by atoms with van der Waals surface area (Å²) in [7, 11) is 0. The number of ether oxygens (including phenoxy) is 2. The molecule has 94 valence electrons. The topological polar surface area (TPSA) is 35.5 Å². The van der Waals surface area contributed by atoms with Gasteiger partial charge in [-0.1, -0.05) is 34.6 Å². The highest BCUT2D eigenvalue weighted by Crippen LogP contribution is 2.36. The van der Waals surface area contributed by atoms with Gasteiger partial charge in [-0.05, 0) is 31.1 Å². The summed E-state index contributed by atoms with van der Waals surface area (Å²) in [6, 6.07) is 0. The van der Waals surface area contributed by atoms with E-state index in [1.54, 1.807) is 0 Å². The van der Waals surface area contributed by atoms with E-state index in [1.165, 1.54) is 0 Å². The lowest BCUT2D eigenvalue weighted by Crippen LogP contribution is -2.37. The van der Waals surface area contributed by atoms with E-state index >= 15 is 0 Å². The number of cyclic esters (lactones) is 2. The predicted octanol–water partition coefficient (Wildman–Crippen LogP) is 3.62. The average Bonchev–Trinajstić information content (AvgIpc) is 2.23. The summed E-state index contributed by atoms with van der Waals surface area (Å²) in [4.78, 5) is 11.6. The highest BCUT2D eigenvalue weighted by atomic mass is 16.7. The van der Waals surface area contributed by atoms with Crippen LogP contribution in [-0.4, -0.2) is 17.9 Å². The van der Waals surface area contributed by atoms with Crippen molar-refractivity contribution in [2.24, 2.45) is 17.8 Å². The molecule has 0 bridgehead atoms. The molecule has 3 nitrogen and oxygen atoms in total. The Kier molecular flexibility index (Phi) is 3.87. The number of rotatable bonds is 2. The lowest BCUT2D eigenvalue weighted by Gasteiger charge is -2.32. The van der Waals surface area contributed by atoms with Crippen molar-refractivity contribution in [3.8, 4) is 0 Å². The highest BCUT2D eigenvalue weighted by Gasteiger charge is 2.42. The van der Waals surface area contributed by atoms with Gasteiger partial charge in [-0.15, -0.1) is 0 Å². The zero-order valence-electron chi connectivity index (χ0n) is 11.2. The highest BCUT2D eigenvalue weighted by molar-refractivity contribution is 5.61. The van der Waals surface area contributed by atoms with Crippen LogP contribution in [0.1, 0.15) is 48.0 Å². The van der Waals surface area contributed by atoms with Gasteiger partial charge in [0.25, 0.3) is 0 Å². The molecule has 3 unspecified atom stereocenters. The fourth-order valence-electron chi connectivity index (χ4n) is 2.39. The minimum Gasteiger partial charge on any atom is -0.430 e. The number of hydrogen-bond donors (Lipinski definition) is 0. The van der Waals surface area contributed by atoms with Gasteiger partial charge >= 0.3 is 6.16 Å². The van der Waals surface area contributed by atoms with E-state index in [9.17, 15) is 4.79 Å². The van der Waals surface area contributed by atoms with Gasteiger partial charge in [0.15, 0.2) is 0 Å². The maximum Gasteiger partial charge on any atom is 0.509 e. The van der Waals surface area contributed by atoms with Gasteiger partial charge in [-0.25, -0.2) is 4.79 Å². The van der Waals surface area contributed by atoms with E-state index in [0.717, 1.165) is 6.42 Å². The van der Waals surface area contributed by atoms with Crippen LogP contribution < -0.4 is 0 Å². The molecule has 1 aliphatic heterocycles. The summed E-state index contributed by atoms with van der Waals surface area (Å²) in [5.41, 5.74) is -0.403. The molecule has 0 aromatic rings. The minimum atomic E-state index is -0.515. The molecule has 3 atom stereocenters. The van der Waals surface area contributed by atoms with Crippen molar-refractivity contribution in [3.63, 3.8) is 0 Å². The first-order valence-electron chi connectivity index (χ1n) is 6.16. The van der Waals surface area contributed by atoms with Gasteiger partial charge in [-0.3, -0.25) is 0 Å². The zero-order valence-corrected chi connectivity index (χ0v) is 11.2. The summed E-state index contributed by atoms with van der Waals surface area (Å²) in [5, 5.41) is 0. The monoisotopic (exact) mass is 228 g/mol. The van der Waals surface area contributed by atoms with Gasteiger partial charge in [0.2, 0.25) is 0 Å². The summed E-state index contributed by atoms with van der Waals surface area (Å²) in [6.45, 7) is 12.4. The molecule has 0 aliphatic carbocycles. The summed E-state index contributed by atoms with van der Waals surface area (Å²) < 4.78 is 10.8. The predicted molar refractivity (Wildman–Crippen MR) is 63.2 cm³/mol. The van der Waals surface area contributed by atoms with Crippen molar-refractivity contribution in [1.82, 2.24) is 0 Å². The molecule has 1 aliphatic rings. The standard InChI is InChI=1S/C13H24O3/c1-8(2)11-10(5)7-13(6,9(3)4)16-12(14)15-11/h8-11H,7H2,1-6H3. The van der Waals surface area contributed by atoms with E-state index < -0.39 is 11.8 Å². The summed E-state index contributed by atoms with van der Waals surface area (Å²) in [5.74, 6) is 0.962. The Labute approximate surface area is 98.5 Å². The molecule has 0 spiro atoms. The Bertz CT molecular complexity index is 260. The van der Waals surface area contributed by atoms with Crippen LogP contribution in [0.25, 0.3) is 0 Å². The summed E-state index contributed by atoms with van der Waals surface area (Å²) >= 11 is 0. The van der Waals surface area contributed by atoms with Crippen LogP contribution in [0, 0.1) is 17.8 Å². The molecule has 16 heavy (non-hydrogen) atoms. The largest absolute Gasteiger partial charge is 0.509 e. The molecular formula is C13H24O3. The lowest BCUT2D eigenvalue weighted by molar-refractivity contribution is -0.0429. The molecule has 3 heteroatoms. The van der Waals surface area contributed by atoms with Crippen LogP contribution in [0.2, 0.25) is 0 Å². The molecule has 1 saturated heterocycles. The maximum absolute atomic E-state index is 11.6. The van der Waals surface area contributed by atoms with E-state index in [0.29, 0.717) is 17.8 Å². The summed E-state index contributed by atoms with van der Waals surface area (Å²) in [6.07, 6.45) is 0.312. The molecule has 0 aromatic heterocycles. The fraction of sp³-hybridized carbons (Fsp3) is 0.923. The van der Waals surface area contributed by atoms with Crippen LogP contribution in [0.15, 0.2) is 0 Å². The number of hydrogen-bond acceptors (Lipinski definition) is 3. The Morgan fingerprint density at radius 3 is 2.31 bits per heavy atom. The van der Waals surface area contributed by atoms with Crippen LogP contribution in [0.5, 0.6) is 0 Å². The second-order valence-corrected chi connectivity index (χ2v) is 5.83. The molecule has 0 saturated carbocycles. The Balaban J connectivity index is 2.89. The van der Waals surface area contributed by atoms with Gasteiger partial charge in [0.05, 0.1) is 0 Å². The van der Waals surface area contributed by atoms with Crippen LogP contribution in [0.3, 0.4) is 0 Å². The number of carbonyl (C=O) groups excluding carboxylic acids is 1. The lowest BCUT2D eigenvalue weighted by atomic mass is 9.80. The molecule has 0 amide bonds. The van der Waals surface area contributed by atoms with E-state index in [2.05, 4.69) is 34.6 Å². The normalized spacial score (nSPS) is 35.9. The molecule has 1 fully saturated rings. The fourth-order valence-corrected chi connectivity index (χ4v) is 2.39. The Morgan fingerprint density at radius 2 is 1.88 bits per heavy atom. The van der Waals surface area contributed by atoms with Gasteiger partial charge in [0, 0.05) is 0 Å². The third-order valence-electron chi connectivity index (χ3n) is 3.72. The second-order valence-electron chi connectivity index (χ2n) is 5.83.